The zero-order chi connectivity index (χ0) is 20.6. The Labute approximate surface area is 174 Å². The van der Waals surface area contributed by atoms with Crippen molar-refractivity contribution < 1.29 is 9.53 Å². The molecule has 0 bridgehead atoms. The summed E-state index contributed by atoms with van der Waals surface area (Å²) in [5.41, 5.74) is 4.87. The summed E-state index contributed by atoms with van der Waals surface area (Å²) in [6, 6.07) is 18.0. The molecular weight excluding hydrogens is 358 g/mol. The van der Waals surface area contributed by atoms with Crippen LogP contribution in [0.2, 0.25) is 0 Å². The third-order valence-electron chi connectivity index (χ3n) is 5.57. The van der Waals surface area contributed by atoms with Crippen LogP contribution in [0.1, 0.15) is 51.0 Å². The van der Waals surface area contributed by atoms with Crippen molar-refractivity contribution in [3.63, 3.8) is 0 Å². The average molecular weight is 390 g/mol. The van der Waals surface area contributed by atoms with Crippen LogP contribution in [0, 0.1) is 5.92 Å². The first-order chi connectivity index (χ1) is 14.1. The predicted octanol–water partition coefficient (Wildman–Crippen LogP) is 6.50. The number of ether oxygens (including phenoxy) is 1. The number of allylic oxidation sites excluding steroid dienone is 4. The Hall–Kier alpha value is -2.81. The van der Waals surface area contributed by atoms with Crippen LogP contribution in [-0.2, 0) is 4.79 Å². The molecule has 3 heteroatoms. The van der Waals surface area contributed by atoms with E-state index < -0.39 is 0 Å². The Kier molecular flexibility index (Phi) is 7.29. The molecule has 0 radical (unpaired) electrons. The number of hydrogen-bond donors (Lipinski definition) is 1. The van der Waals surface area contributed by atoms with Crippen molar-refractivity contribution in [3.8, 4) is 5.75 Å². The maximum absolute atomic E-state index is 13.1. The maximum Gasteiger partial charge on any atom is 0.228 e. The minimum Gasteiger partial charge on any atom is -0.497 e. The monoisotopic (exact) mass is 389 g/mol. The Bertz CT molecular complexity index is 861. The molecule has 29 heavy (non-hydrogen) atoms. The van der Waals surface area contributed by atoms with E-state index >= 15 is 0 Å². The van der Waals surface area contributed by atoms with E-state index in [0.717, 1.165) is 37.1 Å². The van der Waals surface area contributed by atoms with E-state index in [2.05, 4.69) is 55.6 Å². The van der Waals surface area contributed by atoms with Crippen molar-refractivity contribution in [2.24, 2.45) is 5.92 Å². The molecule has 1 aliphatic rings. The Morgan fingerprint density at radius 3 is 2.48 bits per heavy atom. The number of nitrogens with one attached hydrogen (secondary N) is 1. The van der Waals surface area contributed by atoms with Gasteiger partial charge in [-0.05, 0) is 75.3 Å². The van der Waals surface area contributed by atoms with Gasteiger partial charge >= 0.3 is 0 Å². The highest BCUT2D eigenvalue weighted by Crippen LogP contribution is 2.39. The van der Waals surface area contributed by atoms with E-state index in [1.54, 1.807) is 7.11 Å². The van der Waals surface area contributed by atoms with Gasteiger partial charge in [0.25, 0.3) is 0 Å². The Morgan fingerprint density at radius 1 is 1.10 bits per heavy atom. The second kappa shape index (κ2) is 10.1. The molecule has 0 saturated carbocycles. The molecule has 1 N–H and O–H groups in total. The van der Waals surface area contributed by atoms with Gasteiger partial charge in [0.05, 0.1) is 7.11 Å². The first-order valence-electron chi connectivity index (χ1n) is 10.4. The van der Waals surface area contributed by atoms with E-state index in [1.807, 2.05) is 30.3 Å². The lowest BCUT2D eigenvalue weighted by Gasteiger charge is -2.31. The number of amides is 1. The van der Waals surface area contributed by atoms with Gasteiger partial charge in [0.15, 0.2) is 0 Å². The van der Waals surface area contributed by atoms with Crippen molar-refractivity contribution >= 4 is 11.6 Å². The van der Waals surface area contributed by atoms with Crippen molar-refractivity contribution in [1.82, 2.24) is 0 Å². The molecule has 0 fully saturated rings. The van der Waals surface area contributed by atoms with E-state index in [0.29, 0.717) is 0 Å². The molecule has 0 spiro atoms. The van der Waals surface area contributed by atoms with E-state index in [-0.39, 0.29) is 17.7 Å². The van der Waals surface area contributed by atoms with Crippen LogP contribution >= 0.6 is 0 Å². The third-order valence-corrected chi connectivity index (χ3v) is 5.57. The molecule has 0 unspecified atom stereocenters. The van der Waals surface area contributed by atoms with Crippen LogP contribution in [0.25, 0.3) is 0 Å². The van der Waals surface area contributed by atoms with Crippen LogP contribution < -0.4 is 10.1 Å². The van der Waals surface area contributed by atoms with Crippen LogP contribution in [0.4, 0.5) is 5.69 Å². The van der Waals surface area contributed by atoms with E-state index in [1.165, 1.54) is 16.7 Å². The number of benzene rings is 2. The minimum atomic E-state index is -0.0632. The van der Waals surface area contributed by atoms with Gasteiger partial charge < -0.3 is 10.1 Å². The minimum absolute atomic E-state index is 0.0632. The molecule has 0 heterocycles. The summed E-state index contributed by atoms with van der Waals surface area (Å²) in [5.74, 6) is 1.02. The summed E-state index contributed by atoms with van der Waals surface area (Å²) in [4.78, 5) is 13.1. The molecule has 152 valence electrons. The molecule has 1 aliphatic carbocycles. The zero-order valence-corrected chi connectivity index (χ0v) is 17.7. The normalized spacial score (nSPS) is 18.5. The molecule has 2 aromatic carbocycles. The fraction of sp³-hybridized carbons (Fsp3) is 0.346. The fourth-order valence-electron chi connectivity index (χ4n) is 3.97. The number of methoxy groups -OCH3 is 1. The predicted molar refractivity (Wildman–Crippen MR) is 120 cm³/mol. The molecule has 3 nitrogen and oxygen atoms in total. The number of hydrogen-bond acceptors (Lipinski definition) is 2. The summed E-state index contributed by atoms with van der Waals surface area (Å²) < 4.78 is 5.20. The number of carbonyl (C=O) groups is 1. The molecule has 0 saturated heterocycles. The van der Waals surface area contributed by atoms with Gasteiger partial charge in [-0.2, -0.15) is 0 Å². The van der Waals surface area contributed by atoms with Crippen molar-refractivity contribution in [1.29, 1.82) is 0 Å². The topological polar surface area (TPSA) is 38.3 Å². The van der Waals surface area contributed by atoms with Crippen molar-refractivity contribution in [3.05, 3.63) is 83.5 Å². The van der Waals surface area contributed by atoms with E-state index in [9.17, 15) is 4.79 Å². The molecule has 3 rings (SSSR count). The molecule has 0 aromatic heterocycles. The SMILES string of the molecule is COc1ccc(NC(=O)[C@@H]2CC=C(CCC=C(C)C)C[C@H]2c2ccccc2)cc1. The molecule has 0 aliphatic heterocycles. The van der Waals surface area contributed by atoms with Gasteiger partial charge in [0, 0.05) is 11.6 Å². The highest BCUT2D eigenvalue weighted by atomic mass is 16.5. The van der Waals surface area contributed by atoms with Gasteiger partial charge in [-0.25, -0.2) is 0 Å². The second-order valence-electron chi connectivity index (χ2n) is 7.96. The van der Waals surface area contributed by atoms with Gasteiger partial charge in [0.1, 0.15) is 5.75 Å². The van der Waals surface area contributed by atoms with Crippen molar-refractivity contribution in [2.45, 2.75) is 45.4 Å². The highest BCUT2D eigenvalue weighted by Gasteiger charge is 2.32. The average Bonchev–Trinajstić information content (AvgIpc) is 2.74. The highest BCUT2D eigenvalue weighted by molar-refractivity contribution is 5.93. The standard InChI is InChI=1S/C26H31NO2/c1-19(2)8-7-9-20-12-17-24(25(18-20)21-10-5-4-6-11-21)26(28)27-22-13-15-23(29-3)16-14-22/h4-6,8,10-16,24-25H,7,9,17-18H2,1-3H3,(H,27,28)/t24-,25+/m1/s1. The maximum atomic E-state index is 13.1. The van der Waals surface area contributed by atoms with Crippen LogP contribution in [0.3, 0.4) is 0 Å². The van der Waals surface area contributed by atoms with Gasteiger partial charge in [-0.15, -0.1) is 0 Å². The lowest BCUT2D eigenvalue weighted by atomic mass is 9.74. The molecule has 2 atom stereocenters. The van der Waals surface area contributed by atoms with Crippen LogP contribution in [-0.4, -0.2) is 13.0 Å². The van der Waals surface area contributed by atoms with Crippen LogP contribution in [0.5, 0.6) is 5.75 Å². The Balaban J connectivity index is 1.75. The zero-order valence-electron chi connectivity index (χ0n) is 17.7. The lowest BCUT2D eigenvalue weighted by molar-refractivity contribution is -0.120. The van der Waals surface area contributed by atoms with Gasteiger partial charge in [-0.1, -0.05) is 53.6 Å². The number of carbonyl (C=O) groups excluding carboxylic acids is 1. The lowest BCUT2D eigenvalue weighted by Crippen LogP contribution is -2.30. The summed E-state index contributed by atoms with van der Waals surface area (Å²) in [5, 5.41) is 3.10. The Morgan fingerprint density at radius 2 is 1.83 bits per heavy atom. The third kappa shape index (κ3) is 5.83. The van der Waals surface area contributed by atoms with E-state index in [4.69, 9.17) is 4.74 Å². The van der Waals surface area contributed by atoms with Gasteiger partial charge in [0.2, 0.25) is 5.91 Å². The van der Waals surface area contributed by atoms with Crippen LogP contribution in [0.15, 0.2) is 77.9 Å². The quantitative estimate of drug-likeness (QED) is 0.549. The summed E-state index contributed by atoms with van der Waals surface area (Å²) in [6.07, 6.45) is 8.45. The number of rotatable bonds is 7. The summed E-state index contributed by atoms with van der Waals surface area (Å²) in [6.45, 7) is 4.28. The second-order valence-corrected chi connectivity index (χ2v) is 7.96. The smallest absolute Gasteiger partial charge is 0.228 e. The first-order valence-corrected chi connectivity index (χ1v) is 10.4. The number of anilines is 1. The summed E-state index contributed by atoms with van der Waals surface area (Å²) in [7, 11) is 1.64. The summed E-state index contributed by atoms with van der Waals surface area (Å²) >= 11 is 0. The fourth-order valence-corrected chi connectivity index (χ4v) is 3.97. The van der Waals surface area contributed by atoms with Gasteiger partial charge in [-0.3, -0.25) is 4.79 Å². The molecule has 1 amide bonds. The molecule has 2 aromatic rings. The largest absolute Gasteiger partial charge is 0.497 e. The molecular formula is C26H31NO2. The first kappa shape index (κ1) is 20.9. The van der Waals surface area contributed by atoms with Crippen molar-refractivity contribution in [2.75, 3.05) is 12.4 Å².